The minimum absolute atomic E-state index is 0.0150. The number of nitrogens with zero attached hydrogens (tertiary/aromatic N) is 1. The van der Waals surface area contributed by atoms with Crippen LogP contribution in [0.25, 0.3) is 0 Å². The smallest absolute Gasteiger partial charge is 0.352 e. The summed E-state index contributed by atoms with van der Waals surface area (Å²) in [6, 6.07) is -0.576. The van der Waals surface area contributed by atoms with Gasteiger partial charge in [-0.05, 0) is 6.92 Å². The minimum atomic E-state index is -0.622. The standard InChI is InChI=1S/C8H12N2O3/c1-4-5-13-7(11)6(2)10-8(12)9-3/h4H,1,5H2,2-3H3,(H,9,12)/b10-6+. The molecule has 0 unspecified atom stereocenters. The number of hydrogen-bond donors (Lipinski definition) is 1. The van der Waals surface area contributed by atoms with Gasteiger partial charge in [-0.2, -0.15) is 4.99 Å². The van der Waals surface area contributed by atoms with Gasteiger partial charge in [-0.25, -0.2) is 9.59 Å². The van der Waals surface area contributed by atoms with Crippen molar-refractivity contribution < 1.29 is 14.3 Å². The van der Waals surface area contributed by atoms with Crippen LogP contribution in [0.2, 0.25) is 0 Å². The van der Waals surface area contributed by atoms with E-state index in [0.29, 0.717) is 0 Å². The van der Waals surface area contributed by atoms with Crippen LogP contribution in [0, 0.1) is 0 Å². The first-order valence-corrected chi connectivity index (χ1v) is 3.66. The quantitative estimate of drug-likeness (QED) is 0.395. The maximum atomic E-state index is 11.0. The van der Waals surface area contributed by atoms with E-state index in [0.717, 1.165) is 0 Å². The molecule has 0 aliphatic heterocycles. The number of hydrogen-bond acceptors (Lipinski definition) is 3. The van der Waals surface area contributed by atoms with E-state index in [-0.39, 0.29) is 12.3 Å². The summed E-state index contributed by atoms with van der Waals surface area (Å²) in [4.78, 5) is 25.1. The van der Waals surface area contributed by atoms with Crippen LogP contribution in [0.4, 0.5) is 4.79 Å². The molecule has 0 aromatic rings. The average molecular weight is 184 g/mol. The Morgan fingerprint density at radius 1 is 1.62 bits per heavy atom. The van der Waals surface area contributed by atoms with Crippen LogP contribution < -0.4 is 5.32 Å². The van der Waals surface area contributed by atoms with Gasteiger partial charge in [-0.3, -0.25) is 0 Å². The summed E-state index contributed by atoms with van der Waals surface area (Å²) < 4.78 is 4.63. The monoisotopic (exact) mass is 184 g/mol. The van der Waals surface area contributed by atoms with E-state index in [1.165, 1.54) is 20.0 Å². The molecule has 0 heterocycles. The molecule has 0 saturated carbocycles. The van der Waals surface area contributed by atoms with Gasteiger partial charge >= 0.3 is 12.0 Å². The van der Waals surface area contributed by atoms with E-state index in [2.05, 4.69) is 21.6 Å². The average Bonchev–Trinajstić information content (AvgIpc) is 2.13. The van der Waals surface area contributed by atoms with Crippen molar-refractivity contribution in [3.63, 3.8) is 0 Å². The number of carbonyl (C=O) groups is 2. The van der Waals surface area contributed by atoms with E-state index in [1.54, 1.807) is 0 Å². The van der Waals surface area contributed by atoms with E-state index in [4.69, 9.17) is 0 Å². The van der Waals surface area contributed by atoms with E-state index < -0.39 is 12.0 Å². The van der Waals surface area contributed by atoms with Crippen molar-refractivity contribution in [2.75, 3.05) is 13.7 Å². The van der Waals surface area contributed by atoms with E-state index in [9.17, 15) is 9.59 Å². The minimum Gasteiger partial charge on any atom is -0.457 e. The van der Waals surface area contributed by atoms with Gasteiger partial charge in [0.25, 0.3) is 0 Å². The van der Waals surface area contributed by atoms with Crippen LogP contribution in [0.3, 0.4) is 0 Å². The second kappa shape index (κ2) is 5.93. The molecule has 13 heavy (non-hydrogen) atoms. The molecule has 0 atom stereocenters. The van der Waals surface area contributed by atoms with Crippen molar-refractivity contribution in [1.82, 2.24) is 5.32 Å². The first kappa shape index (κ1) is 11.4. The fourth-order valence-electron chi connectivity index (χ4n) is 0.493. The molecule has 0 aromatic heterocycles. The highest BCUT2D eigenvalue weighted by atomic mass is 16.5. The fraction of sp³-hybridized carbons (Fsp3) is 0.375. The summed E-state index contributed by atoms with van der Waals surface area (Å²) in [6.07, 6.45) is 1.44. The number of nitrogens with one attached hydrogen (secondary N) is 1. The predicted molar refractivity (Wildman–Crippen MR) is 48.7 cm³/mol. The molecule has 0 saturated heterocycles. The topological polar surface area (TPSA) is 67.8 Å². The van der Waals surface area contributed by atoms with Crippen LogP contribution in [0.5, 0.6) is 0 Å². The van der Waals surface area contributed by atoms with Gasteiger partial charge < -0.3 is 10.1 Å². The molecule has 2 amide bonds. The van der Waals surface area contributed by atoms with E-state index >= 15 is 0 Å². The lowest BCUT2D eigenvalue weighted by Gasteiger charge is -1.99. The van der Waals surface area contributed by atoms with Gasteiger partial charge in [0.05, 0.1) is 0 Å². The van der Waals surface area contributed by atoms with Crippen molar-refractivity contribution in [2.45, 2.75) is 6.92 Å². The number of aliphatic imine (C=N–C) groups is 1. The first-order chi connectivity index (χ1) is 6.11. The lowest BCUT2D eigenvalue weighted by atomic mass is 10.4. The van der Waals surface area contributed by atoms with Crippen molar-refractivity contribution in [2.24, 2.45) is 4.99 Å². The molecular formula is C8H12N2O3. The van der Waals surface area contributed by atoms with Crippen LogP contribution in [-0.2, 0) is 9.53 Å². The molecule has 0 aromatic carbocycles. The number of ether oxygens (including phenoxy) is 1. The third-order valence-corrected chi connectivity index (χ3v) is 1.11. The highest BCUT2D eigenvalue weighted by Crippen LogP contribution is 1.86. The third-order valence-electron chi connectivity index (χ3n) is 1.11. The summed E-state index contributed by atoms with van der Waals surface area (Å²) >= 11 is 0. The first-order valence-electron chi connectivity index (χ1n) is 3.66. The van der Waals surface area contributed by atoms with Crippen molar-refractivity contribution in [3.05, 3.63) is 12.7 Å². The summed E-state index contributed by atoms with van der Waals surface area (Å²) in [5.74, 6) is -0.622. The van der Waals surface area contributed by atoms with E-state index in [1.807, 2.05) is 0 Å². The molecule has 0 rings (SSSR count). The van der Waals surface area contributed by atoms with Crippen LogP contribution in [0.1, 0.15) is 6.92 Å². The molecule has 0 aliphatic carbocycles. The number of carbonyl (C=O) groups excluding carboxylic acids is 2. The zero-order valence-electron chi connectivity index (χ0n) is 7.66. The van der Waals surface area contributed by atoms with Crippen molar-refractivity contribution in [1.29, 1.82) is 0 Å². The zero-order valence-corrected chi connectivity index (χ0v) is 7.66. The molecule has 5 nitrogen and oxygen atoms in total. The lowest BCUT2D eigenvalue weighted by molar-refractivity contribution is -0.134. The maximum Gasteiger partial charge on any atom is 0.352 e. The SMILES string of the molecule is C=CCOC(=O)/C(C)=N/C(=O)NC. The zero-order chi connectivity index (χ0) is 10.3. The predicted octanol–water partition coefficient (Wildman–Crippen LogP) is 0.516. The van der Waals surface area contributed by atoms with Gasteiger partial charge in [-0.15, -0.1) is 0 Å². The number of amides is 2. The van der Waals surface area contributed by atoms with Crippen molar-refractivity contribution >= 4 is 17.7 Å². The molecular weight excluding hydrogens is 172 g/mol. The highest BCUT2D eigenvalue weighted by Gasteiger charge is 2.07. The fourth-order valence-corrected chi connectivity index (χ4v) is 0.493. The Hall–Kier alpha value is -1.65. The van der Waals surface area contributed by atoms with Gasteiger partial charge in [0.15, 0.2) is 0 Å². The Balaban J connectivity index is 4.15. The number of esters is 1. The summed E-state index contributed by atoms with van der Waals surface area (Å²) in [5, 5.41) is 2.25. The Morgan fingerprint density at radius 3 is 2.69 bits per heavy atom. The molecule has 72 valence electrons. The Bertz CT molecular complexity index is 246. The summed E-state index contributed by atoms with van der Waals surface area (Å²) in [6.45, 7) is 4.89. The second-order valence-corrected chi connectivity index (χ2v) is 2.14. The van der Waals surface area contributed by atoms with Crippen LogP contribution in [-0.4, -0.2) is 31.4 Å². The molecule has 5 heteroatoms. The molecule has 0 radical (unpaired) electrons. The molecule has 0 fully saturated rings. The third kappa shape index (κ3) is 4.73. The Morgan fingerprint density at radius 2 is 2.23 bits per heavy atom. The number of urea groups is 1. The summed E-state index contributed by atoms with van der Waals surface area (Å²) in [5.41, 5.74) is 0.0150. The molecule has 0 spiro atoms. The maximum absolute atomic E-state index is 11.0. The molecule has 0 aliphatic rings. The van der Waals surface area contributed by atoms with Gasteiger partial charge in [0.1, 0.15) is 12.3 Å². The Labute approximate surface area is 76.5 Å². The van der Waals surface area contributed by atoms with Crippen LogP contribution >= 0.6 is 0 Å². The van der Waals surface area contributed by atoms with Gasteiger partial charge in [0.2, 0.25) is 0 Å². The second-order valence-electron chi connectivity index (χ2n) is 2.14. The molecule has 1 N–H and O–H groups in total. The lowest BCUT2D eigenvalue weighted by Crippen LogP contribution is -2.20. The Kier molecular flexibility index (Phi) is 5.18. The van der Waals surface area contributed by atoms with Crippen LogP contribution in [0.15, 0.2) is 17.6 Å². The van der Waals surface area contributed by atoms with Crippen molar-refractivity contribution in [3.8, 4) is 0 Å². The molecule has 0 bridgehead atoms. The normalized spacial score (nSPS) is 10.5. The van der Waals surface area contributed by atoms with Gasteiger partial charge in [-0.1, -0.05) is 12.7 Å². The number of rotatable bonds is 3. The highest BCUT2D eigenvalue weighted by molar-refractivity contribution is 6.37. The summed E-state index contributed by atoms with van der Waals surface area (Å²) in [7, 11) is 1.42. The van der Waals surface area contributed by atoms with Gasteiger partial charge in [0, 0.05) is 7.05 Å². The largest absolute Gasteiger partial charge is 0.457 e.